The lowest BCUT2D eigenvalue weighted by atomic mass is 10.2. The third-order valence-electron chi connectivity index (χ3n) is 1.52. The summed E-state index contributed by atoms with van der Waals surface area (Å²) in [6.45, 7) is 5.48. The van der Waals surface area contributed by atoms with Gasteiger partial charge in [-0.3, -0.25) is 0 Å². The molecule has 20 heavy (non-hydrogen) atoms. The van der Waals surface area contributed by atoms with E-state index in [1.165, 1.54) is 0 Å². The van der Waals surface area contributed by atoms with Gasteiger partial charge in [-0.2, -0.15) is 13.2 Å². The van der Waals surface area contributed by atoms with Crippen molar-refractivity contribution in [2.24, 2.45) is 0 Å². The Labute approximate surface area is 113 Å². The number of pyridine rings is 1. The van der Waals surface area contributed by atoms with Gasteiger partial charge in [-0.1, -0.05) is 6.07 Å². The maximum Gasteiger partial charge on any atom is 0.490 e. The van der Waals surface area contributed by atoms with Crippen molar-refractivity contribution in [3.63, 3.8) is 0 Å². The van der Waals surface area contributed by atoms with Gasteiger partial charge in [0.05, 0.1) is 0 Å². The van der Waals surface area contributed by atoms with E-state index >= 15 is 0 Å². The number of carboxylic acid groups (broad SMARTS) is 1. The summed E-state index contributed by atoms with van der Waals surface area (Å²) in [6, 6.07) is 5.15. The number of hydrogen-bond donors (Lipinski definition) is 1. The van der Waals surface area contributed by atoms with Gasteiger partial charge in [0.1, 0.15) is 11.3 Å². The Balaban J connectivity index is 0.000000441. The molecule has 0 saturated heterocycles. The Hall–Kier alpha value is -2.12. The molecular formula is C12H14F3NO4. The van der Waals surface area contributed by atoms with E-state index in [0.717, 1.165) is 0 Å². The van der Waals surface area contributed by atoms with E-state index in [4.69, 9.17) is 14.6 Å². The van der Waals surface area contributed by atoms with Crippen molar-refractivity contribution >= 4 is 11.9 Å². The number of aromatic nitrogens is 1. The summed E-state index contributed by atoms with van der Waals surface area (Å²) in [6.07, 6.45) is -3.51. The molecule has 0 fully saturated rings. The first-order chi connectivity index (χ1) is 8.93. The van der Waals surface area contributed by atoms with Crippen LogP contribution in [0.15, 0.2) is 24.4 Å². The van der Waals surface area contributed by atoms with Crippen LogP contribution in [0.25, 0.3) is 0 Å². The average Bonchev–Trinajstić information content (AvgIpc) is 2.27. The smallest absolute Gasteiger partial charge is 0.475 e. The molecular weight excluding hydrogens is 279 g/mol. The molecule has 1 heterocycles. The number of rotatable bonds is 1. The van der Waals surface area contributed by atoms with Crippen LogP contribution >= 0.6 is 0 Å². The largest absolute Gasteiger partial charge is 0.490 e. The van der Waals surface area contributed by atoms with E-state index < -0.39 is 17.7 Å². The molecule has 0 bridgehead atoms. The monoisotopic (exact) mass is 293 g/mol. The normalized spacial score (nSPS) is 11.1. The number of carbonyl (C=O) groups excluding carboxylic acids is 1. The predicted molar refractivity (Wildman–Crippen MR) is 63.1 cm³/mol. The van der Waals surface area contributed by atoms with E-state index in [2.05, 4.69) is 4.98 Å². The molecule has 1 N–H and O–H groups in total. The Morgan fingerprint density at radius 1 is 1.20 bits per heavy atom. The van der Waals surface area contributed by atoms with Crippen molar-refractivity contribution in [2.75, 3.05) is 0 Å². The lowest BCUT2D eigenvalue weighted by molar-refractivity contribution is -0.192. The fourth-order valence-corrected chi connectivity index (χ4v) is 0.814. The molecule has 0 aliphatic rings. The van der Waals surface area contributed by atoms with Gasteiger partial charge in [0, 0.05) is 6.20 Å². The first kappa shape index (κ1) is 17.9. The van der Waals surface area contributed by atoms with Gasteiger partial charge in [-0.15, -0.1) is 0 Å². The molecule has 0 aromatic carbocycles. The third-order valence-corrected chi connectivity index (χ3v) is 1.52. The molecule has 1 rings (SSSR count). The summed E-state index contributed by atoms with van der Waals surface area (Å²) in [5.41, 5.74) is -0.119. The standard InChI is InChI=1S/C10H13NO2.C2HF3O2/c1-10(2,3)13-9(12)8-6-4-5-7-11-8;3-2(4,5)1(6)7/h4-7H,1-3H3;(H,6,7). The molecule has 0 aliphatic heterocycles. The third kappa shape index (κ3) is 8.06. The molecule has 0 saturated carbocycles. The van der Waals surface area contributed by atoms with Crippen LogP contribution < -0.4 is 0 Å². The van der Waals surface area contributed by atoms with Crippen molar-refractivity contribution < 1.29 is 32.6 Å². The summed E-state index contributed by atoms with van der Waals surface area (Å²) in [4.78, 5) is 24.2. The number of carbonyl (C=O) groups is 2. The van der Waals surface area contributed by atoms with Gasteiger partial charge in [0.15, 0.2) is 0 Å². The highest BCUT2D eigenvalue weighted by Gasteiger charge is 2.38. The molecule has 0 amide bonds. The topological polar surface area (TPSA) is 76.5 Å². The van der Waals surface area contributed by atoms with E-state index in [1.54, 1.807) is 24.4 Å². The molecule has 1 aromatic rings. The highest BCUT2D eigenvalue weighted by atomic mass is 19.4. The Morgan fingerprint density at radius 2 is 1.70 bits per heavy atom. The number of hydrogen-bond acceptors (Lipinski definition) is 4. The summed E-state index contributed by atoms with van der Waals surface area (Å²) < 4.78 is 36.9. The van der Waals surface area contributed by atoms with Gasteiger partial charge >= 0.3 is 18.1 Å². The summed E-state index contributed by atoms with van der Waals surface area (Å²) in [5.74, 6) is -3.14. The van der Waals surface area contributed by atoms with Crippen molar-refractivity contribution in [3.05, 3.63) is 30.1 Å². The van der Waals surface area contributed by atoms with Gasteiger partial charge in [0.2, 0.25) is 0 Å². The number of esters is 1. The van der Waals surface area contributed by atoms with Crippen LogP contribution in [0.3, 0.4) is 0 Å². The SMILES string of the molecule is CC(C)(C)OC(=O)c1ccccn1.O=C(O)C(F)(F)F. The van der Waals surface area contributed by atoms with Crippen molar-refractivity contribution in [1.29, 1.82) is 0 Å². The number of aliphatic carboxylic acids is 1. The average molecular weight is 293 g/mol. The predicted octanol–water partition coefficient (Wildman–Crippen LogP) is 2.67. The second-order valence-corrected chi connectivity index (χ2v) is 4.52. The van der Waals surface area contributed by atoms with Crippen LogP contribution in [0, 0.1) is 0 Å². The first-order valence-corrected chi connectivity index (χ1v) is 5.38. The zero-order chi connectivity index (χ0) is 16.0. The van der Waals surface area contributed by atoms with Crippen molar-refractivity contribution in [1.82, 2.24) is 4.98 Å². The Bertz CT molecular complexity index is 452. The molecule has 0 spiro atoms. The van der Waals surface area contributed by atoms with Crippen LogP contribution in [0.4, 0.5) is 13.2 Å². The van der Waals surface area contributed by atoms with E-state index in [9.17, 15) is 18.0 Å². The van der Waals surface area contributed by atoms with Crippen LogP contribution in [0.5, 0.6) is 0 Å². The molecule has 0 radical (unpaired) electrons. The molecule has 112 valence electrons. The quantitative estimate of drug-likeness (QED) is 0.805. The van der Waals surface area contributed by atoms with Crippen molar-refractivity contribution in [3.8, 4) is 0 Å². The van der Waals surface area contributed by atoms with Crippen LogP contribution in [0.2, 0.25) is 0 Å². The highest BCUT2D eigenvalue weighted by molar-refractivity contribution is 5.87. The minimum atomic E-state index is -5.08. The van der Waals surface area contributed by atoms with Gasteiger partial charge in [-0.05, 0) is 32.9 Å². The molecule has 0 atom stereocenters. The van der Waals surface area contributed by atoms with E-state index in [1.807, 2.05) is 20.8 Å². The summed E-state index contributed by atoms with van der Waals surface area (Å²) in [5, 5.41) is 7.12. The zero-order valence-corrected chi connectivity index (χ0v) is 11.1. The molecule has 8 heteroatoms. The number of halogens is 3. The van der Waals surface area contributed by atoms with Crippen molar-refractivity contribution in [2.45, 2.75) is 32.5 Å². The van der Waals surface area contributed by atoms with Gasteiger partial charge in [0.25, 0.3) is 0 Å². The van der Waals surface area contributed by atoms with Crippen LogP contribution in [-0.4, -0.2) is 33.8 Å². The second-order valence-electron chi connectivity index (χ2n) is 4.52. The number of alkyl halides is 3. The van der Waals surface area contributed by atoms with Gasteiger partial charge in [-0.25, -0.2) is 14.6 Å². The molecule has 5 nitrogen and oxygen atoms in total. The summed E-state index contributed by atoms with van der Waals surface area (Å²) >= 11 is 0. The fraction of sp³-hybridized carbons (Fsp3) is 0.417. The molecule has 0 aliphatic carbocycles. The van der Waals surface area contributed by atoms with Gasteiger partial charge < -0.3 is 9.84 Å². The highest BCUT2D eigenvalue weighted by Crippen LogP contribution is 2.13. The van der Waals surface area contributed by atoms with E-state index in [0.29, 0.717) is 5.69 Å². The maximum atomic E-state index is 11.4. The molecule has 1 aromatic heterocycles. The van der Waals surface area contributed by atoms with Crippen LogP contribution in [-0.2, 0) is 9.53 Å². The minimum Gasteiger partial charge on any atom is -0.475 e. The maximum absolute atomic E-state index is 11.4. The second kappa shape index (κ2) is 6.88. The lowest BCUT2D eigenvalue weighted by Crippen LogP contribution is -2.24. The van der Waals surface area contributed by atoms with Crippen LogP contribution in [0.1, 0.15) is 31.3 Å². The molecule has 0 unspecified atom stereocenters. The number of nitrogens with zero attached hydrogens (tertiary/aromatic N) is 1. The van der Waals surface area contributed by atoms with E-state index in [-0.39, 0.29) is 5.97 Å². The number of ether oxygens (including phenoxy) is 1. The zero-order valence-electron chi connectivity index (χ0n) is 11.1. The minimum absolute atomic E-state index is 0.345. The summed E-state index contributed by atoms with van der Waals surface area (Å²) in [7, 11) is 0. The number of carboxylic acids is 1. The lowest BCUT2D eigenvalue weighted by Gasteiger charge is -2.18. The Kier molecular flexibility index (Phi) is 6.15. The fourth-order valence-electron chi connectivity index (χ4n) is 0.814. The first-order valence-electron chi connectivity index (χ1n) is 5.38. The Morgan fingerprint density at radius 3 is 2.00 bits per heavy atom.